The third-order valence-electron chi connectivity index (χ3n) is 2.51. The van der Waals surface area contributed by atoms with Gasteiger partial charge in [-0.2, -0.15) is 0 Å². The first-order chi connectivity index (χ1) is 7.43. The number of anilines is 1. The lowest BCUT2D eigenvalue weighted by Crippen LogP contribution is -2.35. The van der Waals surface area contributed by atoms with Crippen LogP contribution in [-0.2, 0) is 0 Å². The average molecular weight is 287 g/mol. The van der Waals surface area contributed by atoms with E-state index in [4.69, 9.17) is 5.11 Å². The second-order valence-electron chi connectivity index (χ2n) is 4.94. The summed E-state index contributed by atoms with van der Waals surface area (Å²) in [5.41, 5.74) is 0.0947. The van der Waals surface area contributed by atoms with Crippen molar-refractivity contribution in [1.82, 2.24) is 4.98 Å². The Bertz CT molecular complexity index is 319. The zero-order valence-corrected chi connectivity index (χ0v) is 11.6. The summed E-state index contributed by atoms with van der Waals surface area (Å²) in [6, 6.07) is 4.10. The van der Waals surface area contributed by atoms with Gasteiger partial charge in [-0.3, -0.25) is 0 Å². The minimum atomic E-state index is 0.0947. The lowest BCUT2D eigenvalue weighted by Gasteiger charge is -2.31. The van der Waals surface area contributed by atoms with E-state index >= 15 is 0 Å². The Balaban J connectivity index is 2.72. The highest BCUT2D eigenvalue weighted by molar-refractivity contribution is 9.10. The summed E-state index contributed by atoms with van der Waals surface area (Å²) in [4.78, 5) is 4.27. The van der Waals surface area contributed by atoms with Gasteiger partial charge in [-0.15, -0.1) is 0 Å². The Morgan fingerprint density at radius 1 is 1.44 bits per heavy atom. The Morgan fingerprint density at radius 2 is 2.12 bits per heavy atom. The highest BCUT2D eigenvalue weighted by Crippen LogP contribution is 2.25. The van der Waals surface area contributed by atoms with Gasteiger partial charge >= 0.3 is 0 Å². The van der Waals surface area contributed by atoms with Crippen LogP contribution in [0, 0.1) is 5.41 Å². The second kappa shape index (κ2) is 5.64. The third-order valence-corrected chi connectivity index (χ3v) is 2.98. The summed E-state index contributed by atoms with van der Waals surface area (Å²) >= 11 is 3.35. The van der Waals surface area contributed by atoms with Crippen molar-refractivity contribution in [1.29, 1.82) is 0 Å². The molecule has 1 atom stereocenters. The van der Waals surface area contributed by atoms with Gasteiger partial charge in [0.2, 0.25) is 0 Å². The van der Waals surface area contributed by atoms with Gasteiger partial charge in [0.1, 0.15) is 5.82 Å². The topological polar surface area (TPSA) is 45.1 Å². The molecule has 90 valence electrons. The molecule has 0 fully saturated rings. The third kappa shape index (κ3) is 4.10. The molecule has 0 aliphatic carbocycles. The van der Waals surface area contributed by atoms with Crippen LogP contribution in [0.25, 0.3) is 0 Å². The monoisotopic (exact) mass is 286 g/mol. The van der Waals surface area contributed by atoms with Crippen LogP contribution in [-0.4, -0.2) is 22.7 Å². The number of halogens is 1. The molecule has 1 heterocycles. The van der Waals surface area contributed by atoms with Crippen LogP contribution >= 0.6 is 15.9 Å². The van der Waals surface area contributed by atoms with Gasteiger partial charge in [-0.25, -0.2) is 4.98 Å². The molecule has 4 heteroatoms. The van der Waals surface area contributed by atoms with E-state index in [9.17, 15) is 0 Å². The largest absolute Gasteiger partial charge is 0.396 e. The molecule has 0 saturated heterocycles. The van der Waals surface area contributed by atoms with Crippen LogP contribution in [0.1, 0.15) is 27.2 Å². The van der Waals surface area contributed by atoms with Crippen LogP contribution in [0.2, 0.25) is 0 Å². The molecule has 1 aromatic heterocycles. The van der Waals surface area contributed by atoms with Crippen molar-refractivity contribution < 1.29 is 5.11 Å². The van der Waals surface area contributed by atoms with Crippen molar-refractivity contribution in [2.24, 2.45) is 5.41 Å². The van der Waals surface area contributed by atoms with E-state index in [2.05, 4.69) is 47.0 Å². The molecule has 1 aromatic rings. The maximum atomic E-state index is 9.05. The van der Waals surface area contributed by atoms with E-state index in [1.54, 1.807) is 6.20 Å². The first-order valence-corrected chi connectivity index (χ1v) is 6.21. The molecule has 1 rings (SSSR count). The van der Waals surface area contributed by atoms with Crippen LogP contribution in [0.15, 0.2) is 22.8 Å². The molecule has 2 N–H and O–H groups in total. The maximum absolute atomic E-state index is 9.05. The predicted molar refractivity (Wildman–Crippen MR) is 70.5 cm³/mol. The molecule has 0 saturated carbocycles. The number of pyridine rings is 1. The number of aromatic nitrogens is 1. The molecule has 0 radical (unpaired) electrons. The van der Waals surface area contributed by atoms with Gasteiger partial charge in [0, 0.05) is 23.3 Å². The Hall–Kier alpha value is -0.610. The molecule has 0 aliphatic rings. The van der Waals surface area contributed by atoms with E-state index in [1.165, 1.54) is 0 Å². The van der Waals surface area contributed by atoms with Crippen molar-refractivity contribution >= 4 is 21.7 Å². The molecular weight excluding hydrogens is 268 g/mol. The average Bonchev–Trinajstić information content (AvgIpc) is 2.19. The lowest BCUT2D eigenvalue weighted by molar-refractivity contribution is 0.235. The van der Waals surface area contributed by atoms with Crippen LogP contribution in [0.4, 0.5) is 5.82 Å². The minimum absolute atomic E-state index is 0.0947. The minimum Gasteiger partial charge on any atom is -0.396 e. The van der Waals surface area contributed by atoms with Crippen LogP contribution in [0.3, 0.4) is 0 Å². The summed E-state index contributed by atoms with van der Waals surface area (Å²) in [6.07, 6.45) is 2.49. The molecule has 0 spiro atoms. The quantitative estimate of drug-likeness (QED) is 0.894. The fourth-order valence-corrected chi connectivity index (χ4v) is 1.73. The number of nitrogens with zero attached hydrogens (tertiary/aromatic N) is 1. The predicted octanol–water partition coefficient (Wildman–Crippen LogP) is 3.05. The van der Waals surface area contributed by atoms with E-state index in [0.29, 0.717) is 0 Å². The summed E-state index contributed by atoms with van der Waals surface area (Å²) in [5.74, 6) is 0.844. The summed E-state index contributed by atoms with van der Waals surface area (Å²) in [5, 5.41) is 12.4. The maximum Gasteiger partial charge on any atom is 0.126 e. The fourth-order valence-electron chi connectivity index (χ4n) is 1.49. The number of hydrogen-bond donors (Lipinski definition) is 2. The van der Waals surface area contributed by atoms with Gasteiger partial charge in [0.25, 0.3) is 0 Å². The molecule has 0 aromatic carbocycles. The van der Waals surface area contributed by atoms with E-state index in [1.807, 2.05) is 12.1 Å². The van der Waals surface area contributed by atoms with Gasteiger partial charge in [0.15, 0.2) is 0 Å². The Labute approximate surface area is 105 Å². The zero-order chi connectivity index (χ0) is 12.2. The van der Waals surface area contributed by atoms with E-state index in [0.717, 1.165) is 16.7 Å². The molecule has 16 heavy (non-hydrogen) atoms. The molecule has 3 nitrogen and oxygen atoms in total. The molecule has 0 bridgehead atoms. The normalized spacial score (nSPS) is 13.6. The van der Waals surface area contributed by atoms with Gasteiger partial charge in [-0.1, -0.05) is 20.8 Å². The van der Waals surface area contributed by atoms with Crippen molar-refractivity contribution in [3.63, 3.8) is 0 Å². The number of aliphatic hydroxyl groups is 1. The fraction of sp³-hybridized carbons (Fsp3) is 0.583. The highest BCUT2D eigenvalue weighted by atomic mass is 79.9. The highest BCUT2D eigenvalue weighted by Gasteiger charge is 2.24. The van der Waals surface area contributed by atoms with Crippen molar-refractivity contribution in [3.05, 3.63) is 22.8 Å². The number of aliphatic hydroxyl groups excluding tert-OH is 1. The van der Waals surface area contributed by atoms with Gasteiger partial charge in [0.05, 0.1) is 0 Å². The van der Waals surface area contributed by atoms with Crippen molar-refractivity contribution in [2.45, 2.75) is 33.2 Å². The van der Waals surface area contributed by atoms with Gasteiger partial charge < -0.3 is 10.4 Å². The summed E-state index contributed by atoms with van der Waals surface area (Å²) < 4.78 is 0.965. The first kappa shape index (κ1) is 13.5. The lowest BCUT2D eigenvalue weighted by atomic mass is 9.85. The van der Waals surface area contributed by atoms with Crippen molar-refractivity contribution in [3.8, 4) is 0 Å². The second-order valence-corrected chi connectivity index (χ2v) is 5.85. The Morgan fingerprint density at radius 3 is 2.56 bits per heavy atom. The molecule has 1 unspecified atom stereocenters. The molecular formula is C12H19BrN2O. The smallest absolute Gasteiger partial charge is 0.126 e. The summed E-state index contributed by atoms with van der Waals surface area (Å²) in [6.45, 7) is 6.64. The molecule has 0 aliphatic heterocycles. The molecule has 0 amide bonds. The van der Waals surface area contributed by atoms with Gasteiger partial charge in [-0.05, 0) is 39.9 Å². The van der Waals surface area contributed by atoms with Crippen LogP contribution in [0.5, 0.6) is 0 Å². The van der Waals surface area contributed by atoms with Crippen molar-refractivity contribution in [2.75, 3.05) is 11.9 Å². The standard InChI is InChI=1S/C12H19BrN2O/c1-12(2,3)10(6-7-16)15-11-5-4-9(13)8-14-11/h4-5,8,10,16H,6-7H2,1-3H3,(H,14,15). The van der Waals surface area contributed by atoms with E-state index in [-0.39, 0.29) is 18.1 Å². The number of rotatable bonds is 4. The summed E-state index contributed by atoms with van der Waals surface area (Å²) in [7, 11) is 0. The number of hydrogen-bond acceptors (Lipinski definition) is 3. The van der Waals surface area contributed by atoms with E-state index < -0.39 is 0 Å². The zero-order valence-electron chi connectivity index (χ0n) is 10.00. The van der Waals surface area contributed by atoms with Crippen LogP contribution < -0.4 is 5.32 Å². The SMILES string of the molecule is CC(C)(C)C(CCO)Nc1ccc(Br)cn1. The first-order valence-electron chi connectivity index (χ1n) is 5.42. The Kier molecular flexibility index (Phi) is 4.74. The number of nitrogens with one attached hydrogen (secondary N) is 1.